The zero-order valence-electron chi connectivity index (χ0n) is 15.7. The number of oxime groups is 1. The monoisotopic (exact) mass is 442 g/mol. The maximum Gasteiger partial charge on any atom is 0.348 e. The van der Waals surface area contributed by atoms with Gasteiger partial charge in [-0.3, -0.25) is 9.69 Å². The smallest absolute Gasteiger partial charge is 0.348 e. The number of aryl methyl sites for hydroxylation is 2. The maximum absolute atomic E-state index is 12.3. The summed E-state index contributed by atoms with van der Waals surface area (Å²) >= 11 is 3.13. The van der Waals surface area contributed by atoms with Gasteiger partial charge in [-0.2, -0.15) is 0 Å². The number of halogens is 1. The predicted molar refractivity (Wildman–Crippen MR) is 114 cm³/mol. The molecule has 1 fully saturated rings. The van der Waals surface area contributed by atoms with Gasteiger partial charge < -0.3 is 9.94 Å². The molecule has 9 heteroatoms. The van der Waals surface area contributed by atoms with Gasteiger partial charge in [0, 0.05) is 6.54 Å². The second-order valence-corrected chi connectivity index (χ2v) is 8.51. The Bertz CT molecular complexity index is 819. The van der Waals surface area contributed by atoms with Crippen LogP contribution in [0.4, 0.5) is 0 Å². The molecular formula is C19H23ClN2O4S2. The molecule has 152 valence electrons. The maximum atomic E-state index is 12.3. The molecule has 1 saturated heterocycles. The van der Waals surface area contributed by atoms with Crippen LogP contribution in [0.5, 0.6) is 0 Å². The van der Waals surface area contributed by atoms with Crippen LogP contribution < -0.4 is 0 Å². The van der Waals surface area contributed by atoms with Crippen molar-refractivity contribution < 1.29 is 19.5 Å². The van der Waals surface area contributed by atoms with Crippen molar-refractivity contribution in [1.82, 2.24) is 4.90 Å². The first-order valence-corrected chi connectivity index (χ1v) is 10.5. The number of carboxylic acid groups (broad SMARTS) is 1. The van der Waals surface area contributed by atoms with E-state index in [2.05, 4.69) is 5.16 Å². The first-order chi connectivity index (χ1) is 13.0. The molecule has 6 nitrogen and oxygen atoms in total. The average Bonchev–Trinajstić information content (AvgIpc) is 3.25. The Morgan fingerprint density at radius 2 is 1.82 bits per heavy atom. The largest absolute Gasteiger partial charge is 0.481 e. The third-order valence-electron chi connectivity index (χ3n) is 4.60. The standard InChI is InChI=1S/C19H22N2O4S2.ClH/c1-12-5-8-26-17(12)16(18-13(2)6-9-27-18)20-25-15(22)11-21-7-3-4-14(10-21)19(23)24;/h5-6,8-9,14H,3-4,7,10-11H2,1-2H3,(H,23,24);1H/t14-;/m1./s1. The summed E-state index contributed by atoms with van der Waals surface area (Å²) in [5, 5.41) is 17.3. The van der Waals surface area contributed by atoms with Crippen LogP contribution in [0, 0.1) is 19.8 Å². The Labute approximate surface area is 178 Å². The minimum absolute atomic E-state index is 0. The fraction of sp³-hybridized carbons (Fsp3) is 0.421. The van der Waals surface area contributed by atoms with E-state index in [1.165, 1.54) is 0 Å². The minimum atomic E-state index is -0.810. The topological polar surface area (TPSA) is 79.2 Å². The molecular weight excluding hydrogens is 420 g/mol. The lowest BCUT2D eigenvalue weighted by Crippen LogP contribution is -2.41. The summed E-state index contributed by atoms with van der Waals surface area (Å²) in [6.07, 6.45) is 1.42. The van der Waals surface area contributed by atoms with Gasteiger partial charge in [-0.1, -0.05) is 5.16 Å². The predicted octanol–water partition coefficient (Wildman–Crippen LogP) is 3.94. The Balaban J connectivity index is 0.00000280. The average molecular weight is 443 g/mol. The third-order valence-corrected chi connectivity index (χ3v) is 6.65. The Morgan fingerprint density at radius 1 is 1.21 bits per heavy atom. The number of rotatable bonds is 6. The molecule has 0 unspecified atom stereocenters. The van der Waals surface area contributed by atoms with Crippen molar-refractivity contribution in [3.63, 3.8) is 0 Å². The summed E-state index contributed by atoms with van der Waals surface area (Å²) in [6.45, 7) is 5.13. The van der Waals surface area contributed by atoms with Gasteiger partial charge in [0.2, 0.25) is 0 Å². The highest BCUT2D eigenvalue weighted by Crippen LogP contribution is 2.26. The molecule has 0 bridgehead atoms. The zero-order valence-corrected chi connectivity index (χ0v) is 18.2. The number of piperidine rings is 1. The van der Waals surface area contributed by atoms with Crippen molar-refractivity contribution in [3.8, 4) is 0 Å². The molecule has 3 heterocycles. The fourth-order valence-corrected chi connectivity index (χ4v) is 5.02. The third kappa shape index (κ3) is 5.41. The van der Waals surface area contributed by atoms with Gasteiger partial charge in [0.15, 0.2) is 0 Å². The molecule has 2 aromatic heterocycles. The molecule has 0 aromatic carbocycles. The second-order valence-electron chi connectivity index (χ2n) is 6.68. The molecule has 0 saturated carbocycles. The van der Waals surface area contributed by atoms with E-state index in [1.54, 1.807) is 22.7 Å². The van der Waals surface area contributed by atoms with E-state index in [-0.39, 0.29) is 19.0 Å². The number of carboxylic acids is 1. The van der Waals surface area contributed by atoms with Crippen molar-refractivity contribution in [3.05, 3.63) is 43.8 Å². The van der Waals surface area contributed by atoms with E-state index >= 15 is 0 Å². The van der Waals surface area contributed by atoms with Gasteiger partial charge in [-0.25, -0.2) is 4.79 Å². The van der Waals surface area contributed by atoms with Crippen LogP contribution in [0.2, 0.25) is 0 Å². The number of nitrogens with zero attached hydrogens (tertiary/aromatic N) is 2. The van der Waals surface area contributed by atoms with Crippen LogP contribution in [0.25, 0.3) is 0 Å². The Morgan fingerprint density at radius 3 is 2.32 bits per heavy atom. The lowest BCUT2D eigenvalue weighted by molar-refractivity contribution is -0.149. The second kappa shape index (κ2) is 10.2. The van der Waals surface area contributed by atoms with Crippen molar-refractivity contribution in [1.29, 1.82) is 0 Å². The van der Waals surface area contributed by atoms with Gasteiger partial charge in [-0.05, 0) is 67.3 Å². The van der Waals surface area contributed by atoms with E-state index in [9.17, 15) is 9.59 Å². The zero-order chi connectivity index (χ0) is 19.4. The van der Waals surface area contributed by atoms with E-state index in [1.807, 2.05) is 41.6 Å². The summed E-state index contributed by atoms with van der Waals surface area (Å²) in [4.78, 5) is 32.5. The van der Waals surface area contributed by atoms with Crippen LogP contribution in [0.3, 0.4) is 0 Å². The van der Waals surface area contributed by atoms with Crippen LogP contribution in [-0.2, 0) is 14.4 Å². The molecule has 2 aromatic rings. The van der Waals surface area contributed by atoms with E-state index in [0.29, 0.717) is 25.2 Å². The summed E-state index contributed by atoms with van der Waals surface area (Å²) < 4.78 is 0. The first kappa shape index (κ1) is 22.5. The molecule has 1 N–H and O–H groups in total. The molecule has 28 heavy (non-hydrogen) atoms. The minimum Gasteiger partial charge on any atom is -0.481 e. The number of carbonyl (C=O) groups excluding carboxylic acids is 1. The first-order valence-electron chi connectivity index (χ1n) is 8.77. The van der Waals surface area contributed by atoms with Crippen LogP contribution in [0.15, 0.2) is 28.0 Å². The summed E-state index contributed by atoms with van der Waals surface area (Å²) in [5.41, 5.74) is 2.84. The number of likely N-dealkylation sites (tertiary alicyclic amines) is 1. The Hall–Kier alpha value is -1.74. The van der Waals surface area contributed by atoms with Crippen LogP contribution in [-0.4, -0.2) is 47.3 Å². The molecule has 0 amide bonds. The number of thiophene rings is 2. The van der Waals surface area contributed by atoms with Crippen LogP contribution >= 0.6 is 35.1 Å². The summed E-state index contributed by atoms with van der Waals surface area (Å²) in [6, 6.07) is 4.03. The van der Waals surface area contributed by atoms with E-state index in [0.717, 1.165) is 27.3 Å². The number of aliphatic carboxylic acids is 1. The lowest BCUT2D eigenvalue weighted by atomic mass is 9.98. The van der Waals surface area contributed by atoms with Crippen molar-refractivity contribution in [2.45, 2.75) is 26.7 Å². The molecule has 0 radical (unpaired) electrons. The normalized spacial score (nSPS) is 16.9. The van der Waals surface area contributed by atoms with E-state index < -0.39 is 17.9 Å². The van der Waals surface area contributed by atoms with E-state index in [4.69, 9.17) is 9.94 Å². The molecule has 1 aliphatic heterocycles. The van der Waals surface area contributed by atoms with Crippen molar-refractivity contribution in [2.24, 2.45) is 11.1 Å². The SMILES string of the molecule is Cc1ccsc1C(=NOC(=O)CN1CCC[C@@H](C(=O)O)C1)c1sccc1C.Cl. The molecule has 1 atom stereocenters. The molecule has 0 aliphatic carbocycles. The highest BCUT2D eigenvalue weighted by molar-refractivity contribution is 7.16. The van der Waals surface area contributed by atoms with Gasteiger partial charge in [-0.15, -0.1) is 35.1 Å². The number of hydrogen-bond acceptors (Lipinski definition) is 7. The molecule has 0 spiro atoms. The highest BCUT2D eigenvalue weighted by atomic mass is 35.5. The fourth-order valence-electron chi connectivity index (χ4n) is 3.13. The van der Waals surface area contributed by atoms with Crippen molar-refractivity contribution >= 4 is 52.7 Å². The highest BCUT2D eigenvalue weighted by Gasteiger charge is 2.27. The van der Waals surface area contributed by atoms with Gasteiger partial charge >= 0.3 is 11.9 Å². The van der Waals surface area contributed by atoms with Gasteiger partial charge in [0.25, 0.3) is 0 Å². The Kier molecular flexibility index (Phi) is 8.18. The van der Waals surface area contributed by atoms with Crippen LogP contribution in [0.1, 0.15) is 33.7 Å². The number of hydrogen-bond donors (Lipinski definition) is 1. The van der Waals surface area contributed by atoms with Gasteiger partial charge in [0.1, 0.15) is 5.71 Å². The summed E-state index contributed by atoms with van der Waals surface area (Å²) in [5.74, 6) is -1.70. The van der Waals surface area contributed by atoms with Crippen molar-refractivity contribution in [2.75, 3.05) is 19.6 Å². The van der Waals surface area contributed by atoms with Gasteiger partial charge in [0.05, 0.1) is 22.2 Å². The molecule has 1 aliphatic rings. The molecule has 3 rings (SSSR count). The summed E-state index contributed by atoms with van der Waals surface area (Å²) in [7, 11) is 0. The lowest BCUT2D eigenvalue weighted by Gasteiger charge is -2.29. The quantitative estimate of drug-likeness (QED) is 0.416. The number of carbonyl (C=O) groups is 2.